The molecule has 0 spiro atoms. The molecule has 2 aromatic carbocycles. The van der Waals surface area contributed by atoms with Crippen molar-refractivity contribution in [2.45, 2.75) is 29.4 Å². The van der Waals surface area contributed by atoms with Crippen LogP contribution in [-0.2, 0) is 4.79 Å². The maximum absolute atomic E-state index is 13.9. The van der Waals surface area contributed by atoms with Gasteiger partial charge in [0, 0.05) is 24.2 Å². The van der Waals surface area contributed by atoms with Gasteiger partial charge in [0.2, 0.25) is 5.91 Å². The first kappa shape index (κ1) is 19.4. The van der Waals surface area contributed by atoms with Crippen LogP contribution in [0, 0.1) is 23.3 Å². The minimum Gasteiger partial charge on any atom is -0.278 e. The second kappa shape index (κ2) is 8.12. The summed E-state index contributed by atoms with van der Waals surface area (Å²) in [6.07, 6.45) is 1.46. The fourth-order valence-electron chi connectivity index (χ4n) is 2.85. The molecule has 0 aliphatic carbocycles. The molecule has 2 amide bonds. The number of imide groups is 1. The molecule has 0 bridgehead atoms. The highest BCUT2D eigenvalue weighted by atomic mass is 32.2. The van der Waals surface area contributed by atoms with E-state index in [0.717, 1.165) is 17.0 Å². The summed E-state index contributed by atoms with van der Waals surface area (Å²) in [5.41, 5.74) is 0.148. The molecule has 0 saturated carbocycles. The van der Waals surface area contributed by atoms with Gasteiger partial charge in [-0.1, -0.05) is 6.42 Å². The van der Waals surface area contributed by atoms with Crippen molar-refractivity contribution in [3.8, 4) is 0 Å². The minimum atomic E-state index is -1.09. The van der Waals surface area contributed by atoms with Crippen LogP contribution in [0.15, 0.2) is 41.3 Å². The second-order valence-electron chi connectivity index (χ2n) is 6.10. The lowest BCUT2D eigenvalue weighted by Gasteiger charge is -2.22. The van der Waals surface area contributed by atoms with Crippen molar-refractivity contribution in [1.29, 1.82) is 0 Å². The van der Waals surface area contributed by atoms with Crippen molar-refractivity contribution >= 4 is 23.6 Å². The zero-order chi connectivity index (χ0) is 19.6. The SMILES string of the molecule is O=C(c1ccc(F)cc1)N1CCCCC(Sc2c(F)cc(F)cc2F)C1=O. The third-order valence-corrected chi connectivity index (χ3v) is 5.55. The highest BCUT2D eigenvalue weighted by molar-refractivity contribution is 8.00. The molecule has 142 valence electrons. The quantitative estimate of drug-likeness (QED) is 0.563. The number of likely N-dealkylation sites (tertiary alicyclic amines) is 1. The Balaban J connectivity index is 1.84. The Morgan fingerprint density at radius 1 is 0.963 bits per heavy atom. The topological polar surface area (TPSA) is 37.4 Å². The van der Waals surface area contributed by atoms with Gasteiger partial charge in [0.25, 0.3) is 5.91 Å². The lowest BCUT2D eigenvalue weighted by Crippen LogP contribution is -2.41. The molecule has 1 unspecified atom stereocenters. The number of hydrogen-bond donors (Lipinski definition) is 0. The van der Waals surface area contributed by atoms with Crippen LogP contribution in [0.25, 0.3) is 0 Å². The standard InChI is InChI=1S/C19H15F4NO2S/c20-12-6-4-11(5-7-12)18(25)24-8-2-1-3-16(19(24)26)27-17-14(22)9-13(21)10-15(17)23/h4-7,9-10,16H,1-3,8H2. The van der Waals surface area contributed by atoms with E-state index in [4.69, 9.17) is 0 Å². The number of amides is 2. The Kier molecular flexibility index (Phi) is 5.84. The number of benzene rings is 2. The third kappa shape index (κ3) is 4.32. The van der Waals surface area contributed by atoms with E-state index in [1.54, 1.807) is 0 Å². The highest BCUT2D eigenvalue weighted by Gasteiger charge is 2.33. The van der Waals surface area contributed by atoms with Gasteiger partial charge in [-0.15, -0.1) is 11.8 Å². The molecule has 1 aliphatic heterocycles. The van der Waals surface area contributed by atoms with Crippen molar-refractivity contribution in [1.82, 2.24) is 4.90 Å². The number of carbonyl (C=O) groups is 2. The summed E-state index contributed by atoms with van der Waals surface area (Å²) >= 11 is 0.647. The molecule has 1 saturated heterocycles. The van der Waals surface area contributed by atoms with Crippen molar-refractivity contribution in [2.24, 2.45) is 0 Å². The summed E-state index contributed by atoms with van der Waals surface area (Å²) in [5.74, 6) is -4.90. The molecule has 0 N–H and O–H groups in total. The Morgan fingerprint density at radius 2 is 1.59 bits per heavy atom. The first-order valence-electron chi connectivity index (χ1n) is 8.29. The predicted molar refractivity (Wildman–Crippen MR) is 92.3 cm³/mol. The summed E-state index contributed by atoms with van der Waals surface area (Å²) in [6, 6.07) is 5.88. The van der Waals surface area contributed by atoms with Gasteiger partial charge in [0.05, 0.1) is 10.1 Å². The highest BCUT2D eigenvalue weighted by Crippen LogP contribution is 2.34. The van der Waals surface area contributed by atoms with Gasteiger partial charge in [-0.05, 0) is 37.1 Å². The lowest BCUT2D eigenvalue weighted by atomic mass is 10.2. The van der Waals surface area contributed by atoms with Crippen molar-refractivity contribution in [3.05, 3.63) is 65.2 Å². The van der Waals surface area contributed by atoms with Crippen LogP contribution in [-0.4, -0.2) is 28.5 Å². The monoisotopic (exact) mass is 397 g/mol. The van der Waals surface area contributed by atoms with E-state index >= 15 is 0 Å². The molecule has 1 atom stereocenters. The molecule has 0 aromatic heterocycles. The van der Waals surface area contributed by atoms with Crippen molar-refractivity contribution in [3.63, 3.8) is 0 Å². The average molecular weight is 397 g/mol. The fourth-order valence-corrected chi connectivity index (χ4v) is 3.99. The summed E-state index contributed by atoms with van der Waals surface area (Å²) in [4.78, 5) is 26.0. The van der Waals surface area contributed by atoms with Crippen LogP contribution >= 0.6 is 11.8 Å². The van der Waals surface area contributed by atoms with Gasteiger partial charge in [0.1, 0.15) is 23.3 Å². The maximum atomic E-state index is 13.9. The van der Waals surface area contributed by atoms with Crippen LogP contribution in [0.2, 0.25) is 0 Å². The van der Waals surface area contributed by atoms with Gasteiger partial charge in [-0.25, -0.2) is 17.6 Å². The summed E-state index contributed by atoms with van der Waals surface area (Å²) in [5, 5.41) is -0.883. The smallest absolute Gasteiger partial charge is 0.260 e. The summed E-state index contributed by atoms with van der Waals surface area (Å²) in [6.45, 7) is 0.167. The molecule has 3 nitrogen and oxygen atoms in total. The van der Waals surface area contributed by atoms with Gasteiger partial charge in [0.15, 0.2) is 0 Å². The number of nitrogens with zero attached hydrogens (tertiary/aromatic N) is 1. The zero-order valence-electron chi connectivity index (χ0n) is 14.1. The van der Waals surface area contributed by atoms with Crippen molar-refractivity contribution in [2.75, 3.05) is 6.54 Å². The van der Waals surface area contributed by atoms with Gasteiger partial charge in [-0.2, -0.15) is 0 Å². The second-order valence-corrected chi connectivity index (χ2v) is 7.32. The van der Waals surface area contributed by atoms with Crippen LogP contribution < -0.4 is 0 Å². The largest absolute Gasteiger partial charge is 0.278 e. The van der Waals surface area contributed by atoms with Crippen LogP contribution in [0.5, 0.6) is 0 Å². The third-order valence-electron chi connectivity index (χ3n) is 4.20. The first-order chi connectivity index (χ1) is 12.9. The van der Waals surface area contributed by atoms with Gasteiger partial charge >= 0.3 is 0 Å². The molecular formula is C19H15F4NO2S. The molecule has 27 heavy (non-hydrogen) atoms. The van der Waals surface area contributed by atoms with Gasteiger partial charge < -0.3 is 0 Å². The first-order valence-corrected chi connectivity index (χ1v) is 9.17. The predicted octanol–water partition coefficient (Wildman–Crippen LogP) is 4.56. The van der Waals surface area contributed by atoms with E-state index in [2.05, 4.69) is 0 Å². The Bertz CT molecular complexity index is 850. The Morgan fingerprint density at radius 3 is 2.22 bits per heavy atom. The number of hydrogen-bond acceptors (Lipinski definition) is 3. The number of halogens is 4. The maximum Gasteiger partial charge on any atom is 0.260 e. The van der Waals surface area contributed by atoms with Crippen molar-refractivity contribution < 1.29 is 27.2 Å². The average Bonchev–Trinajstić information content (AvgIpc) is 2.80. The Labute approximate surface area is 157 Å². The molecule has 2 aromatic rings. The number of carbonyl (C=O) groups excluding carboxylic acids is 2. The van der Waals surface area contributed by atoms with E-state index < -0.39 is 45.2 Å². The zero-order valence-corrected chi connectivity index (χ0v) is 14.9. The molecule has 3 rings (SSSR count). The number of rotatable bonds is 3. The van der Waals surface area contributed by atoms with Crippen LogP contribution in [0.1, 0.15) is 29.6 Å². The summed E-state index contributed by atoms with van der Waals surface area (Å²) < 4.78 is 54.0. The fraction of sp³-hybridized carbons (Fsp3) is 0.263. The molecule has 8 heteroatoms. The van der Waals surface area contributed by atoms with E-state index in [1.807, 2.05) is 0 Å². The van der Waals surface area contributed by atoms with E-state index in [1.165, 1.54) is 12.1 Å². The van der Waals surface area contributed by atoms with E-state index in [0.29, 0.717) is 43.2 Å². The van der Waals surface area contributed by atoms with Crippen LogP contribution in [0.3, 0.4) is 0 Å². The van der Waals surface area contributed by atoms with Gasteiger partial charge in [-0.3, -0.25) is 14.5 Å². The molecule has 1 fully saturated rings. The van der Waals surface area contributed by atoms with E-state index in [-0.39, 0.29) is 12.1 Å². The molecule has 0 radical (unpaired) electrons. The number of thioether (sulfide) groups is 1. The molecule has 1 heterocycles. The summed E-state index contributed by atoms with van der Waals surface area (Å²) in [7, 11) is 0. The lowest BCUT2D eigenvalue weighted by molar-refractivity contribution is -0.127. The normalized spacial score (nSPS) is 17.7. The molecular weight excluding hydrogens is 382 g/mol. The van der Waals surface area contributed by atoms with Crippen LogP contribution in [0.4, 0.5) is 17.6 Å². The van der Waals surface area contributed by atoms with E-state index in [9.17, 15) is 27.2 Å². The Hall–Kier alpha value is -2.35. The minimum absolute atomic E-state index is 0.148. The molecule has 1 aliphatic rings.